The highest BCUT2D eigenvalue weighted by molar-refractivity contribution is 4.84. The molecule has 0 amide bonds. The molecule has 0 rings (SSSR count). The predicted molar refractivity (Wildman–Crippen MR) is 52.4 cm³/mol. The van der Waals surface area contributed by atoms with Gasteiger partial charge < -0.3 is 0 Å². The molecule has 0 aliphatic rings. The van der Waals surface area contributed by atoms with Crippen LogP contribution in [0.4, 0.5) is 0 Å². The molecule has 1 unspecified atom stereocenters. The summed E-state index contributed by atoms with van der Waals surface area (Å²) in [6.45, 7) is 11.4. The summed E-state index contributed by atoms with van der Waals surface area (Å²) in [6.07, 6.45) is 4.07. The summed E-state index contributed by atoms with van der Waals surface area (Å²) in [5.41, 5.74) is 0. The van der Waals surface area contributed by atoms with Crippen LogP contribution in [-0.2, 0) is 0 Å². The molecule has 0 heteroatoms. The Morgan fingerprint density at radius 3 is 1.82 bits per heavy atom. The van der Waals surface area contributed by atoms with E-state index in [1.165, 1.54) is 19.3 Å². The van der Waals surface area contributed by atoms with Crippen LogP contribution in [0.5, 0.6) is 0 Å². The van der Waals surface area contributed by atoms with Gasteiger partial charge in [-0.3, -0.25) is 0 Å². The third-order valence-electron chi connectivity index (χ3n) is 2.83. The largest absolute Gasteiger partial charge is 0.0651 e. The van der Waals surface area contributed by atoms with Crippen molar-refractivity contribution >= 4 is 0 Å². The fourth-order valence-corrected chi connectivity index (χ4v) is 1.36. The second-order valence-corrected chi connectivity index (χ2v) is 3.90. The van der Waals surface area contributed by atoms with Crippen LogP contribution in [0.1, 0.15) is 53.9 Å². The van der Waals surface area contributed by atoms with Crippen LogP contribution in [0.15, 0.2) is 0 Å². The van der Waals surface area contributed by atoms with E-state index < -0.39 is 0 Å². The van der Waals surface area contributed by atoms with Crippen molar-refractivity contribution in [2.24, 2.45) is 11.8 Å². The molecular formula is C11H23. The highest BCUT2D eigenvalue weighted by Gasteiger charge is 2.12. The molecule has 0 aliphatic heterocycles. The quantitative estimate of drug-likeness (QED) is 0.561. The first kappa shape index (κ1) is 11.0. The normalized spacial score (nSPS) is 14.5. The van der Waals surface area contributed by atoms with Gasteiger partial charge in [0.25, 0.3) is 0 Å². The molecule has 0 fully saturated rings. The maximum Gasteiger partial charge on any atom is -0.0275 e. The Hall–Kier alpha value is 0. The molecule has 0 spiro atoms. The van der Waals surface area contributed by atoms with Crippen LogP contribution in [0, 0.1) is 17.8 Å². The summed E-state index contributed by atoms with van der Waals surface area (Å²) >= 11 is 0. The fourth-order valence-electron chi connectivity index (χ4n) is 1.36. The van der Waals surface area contributed by atoms with Crippen molar-refractivity contribution in [3.05, 3.63) is 5.92 Å². The molecule has 1 atom stereocenters. The maximum absolute atomic E-state index is 2.34. The van der Waals surface area contributed by atoms with Crippen LogP contribution < -0.4 is 0 Å². The molecule has 0 aliphatic carbocycles. The number of hydrogen-bond acceptors (Lipinski definition) is 0. The lowest BCUT2D eigenvalue weighted by molar-refractivity contribution is 0.380. The lowest BCUT2D eigenvalue weighted by Gasteiger charge is -2.20. The molecule has 0 nitrogen and oxygen atoms in total. The molecule has 0 saturated carbocycles. The first-order chi connectivity index (χ1) is 5.11. The smallest absolute Gasteiger partial charge is 0.0275 e. The minimum Gasteiger partial charge on any atom is -0.0651 e. The van der Waals surface area contributed by atoms with Crippen molar-refractivity contribution in [3.8, 4) is 0 Å². The van der Waals surface area contributed by atoms with E-state index in [1.807, 2.05) is 0 Å². The van der Waals surface area contributed by atoms with Crippen LogP contribution in [0.2, 0.25) is 0 Å². The van der Waals surface area contributed by atoms with Crippen LogP contribution in [0.25, 0.3) is 0 Å². The molecule has 11 heavy (non-hydrogen) atoms. The Morgan fingerprint density at radius 1 is 1.09 bits per heavy atom. The first-order valence-electron chi connectivity index (χ1n) is 4.91. The van der Waals surface area contributed by atoms with E-state index in [9.17, 15) is 0 Å². The molecular weight excluding hydrogens is 132 g/mol. The van der Waals surface area contributed by atoms with Gasteiger partial charge in [-0.15, -0.1) is 0 Å². The van der Waals surface area contributed by atoms with E-state index in [4.69, 9.17) is 0 Å². The average Bonchev–Trinajstić information content (AvgIpc) is 1.99. The van der Waals surface area contributed by atoms with Crippen LogP contribution in [0.3, 0.4) is 0 Å². The summed E-state index contributed by atoms with van der Waals surface area (Å²) in [5, 5.41) is 0. The van der Waals surface area contributed by atoms with Crippen molar-refractivity contribution in [1.82, 2.24) is 0 Å². The Labute approximate surface area is 72.4 Å². The standard InChI is InChI=1S/C11H23/c1-6-11(7-2)8-10(5)9(3)4/h10-11H,6-8H2,1-5H3. The molecule has 1 radical (unpaired) electrons. The van der Waals surface area contributed by atoms with E-state index in [-0.39, 0.29) is 0 Å². The van der Waals surface area contributed by atoms with Crippen molar-refractivity contribution in [1.29, 1.82) is 0 Å². The van der Waals surface area contributed by atoms with Gasteiger partial charge >= 0.3 is 0 Å². The van der Waals surface area contributed by atoms with Crippen LogP contribution in [-0.4, -0.2) is 0 Å². The molecule has 0 bridgehead atoms. The van der Waals surface area contributed by atoms with Gasteiger partial charge in [-0.05, 0) is 24.2 Å². The van der Waals surface area contributed by atoms with Gasteiger partial charge in [-0.25, -0.2) is 0 Å². The number of hydrogen-bond donors (Lipinski definition) is 0. The zero-order valence-corrected chi connectivity index (χ0v) is 8.78. The molecule has 0 aromatic rings. The Kier molecular flexibility index (Phi) is 5.62. The molecule has 0 N–H and O–H groups in total. The lowest BCUT2D eigenvalue weighted by atomic mass is 9.85. The summed E-state index contributed by atoms with van der Waals surface area (Å²) in [6, 6.07) is 0. The highest BCUT2D eigenvalue weighted by Crippen LogP contribution is 2.24. The van der Waals surface area contributed by atoms with Crippen molar-refractivity contribution < 1.29 is 0 Å². The topological polar surface area (TPSA) is 0 Å². The first-order valence-corrected chi connectivity index (χ1v) is 4.91. The molecule has 0 aromatic heterocycles. The number of rotatable bonds is 5. The summed E-state index contributed by atoms with van der Waals surface area (Å²) in [7, 11) is 0. The Balaban J connectivity index is 3.62. The molecule has 67 valence electrons. The van der Waals surface area contributed by atoms with E-state index in [1.54, 1.807) is 5.92 Å². The second kappa shape index (κ2) is 5.62. The zero-order chi connectivity index (χ0) is 8.85. The minimum atomic E-state index is 0.819. The van der Waals surface area contributed by atoms with E-state index in [0.29, 0.717) is 0 Å². The summed E-state index contributed by atoms with van der Waals surface area (Å²) < 4.78 is 0. The third kappa shape index (κ3) is 4.44. The molecule has 0 heterocycles. The fraction of sp³-hybridized carbons (Fsp3) is 0.909. The van der Waals surface area contributed by atoms with E-state index >= 15 is 0 Å². The van der Waals surface area contributed by atoms with Gasteiger partial charge in [0.15, 0.2) is 0 Å². The van der Waals surface area contributed by atoms with Gasteiger partial charge in [0.2, 0.25) is 0 Å². The monoisotopic (exact) mass is 155 g/mol. The maximum atomic E-state index is 2.34. The SMILES string of the molecule is CCC(CC)CC(C)[C](C)C. The highest BCUT2D eigenvalue weighted by atomic mass is 14.2. The summed E-state index contributed by atoms with van der Waals surface area (Å²) in [5.74, 6) is 3.34. The van der Waals surface area contributed by atoms with Crippen molar-refractivity contribution in [3.63, 3.8) is 0 Å². The third-order valence-corrected chi connectivity index (χ3v) is 2.83. The van der Waals surface area contributed by atoms with Gasteiger partial charge in [-0.1, -0.05) is 47.5 Å². The summed E-state index contributed by atoms with van der Waals surface area (Å²) in [4.78, 5) is 0. The van der Waals surface area contributed by atoms with Crippen molar-refractivity contribution in [2.75, 3.05) is 0 Å². The van der Waals surface area contributed by atoms with Crippen LogP contribution >= 0.6 is 0 Å². The zero-order valence-electron chi connectivity index (χ0n) is 8.78. The molecule has 0 saturated heterocycles. The van der Waals surface area contributed by atoms with Gasteiger partial charge in [-0.2, -0.15) is 0 Å². The second-order valence-electron chi connectivity index (χ2n) is 3.90. The minimum absolute atomic E-state index is 0.819. The lowest BCUT2D eigenvalue weighted by Crippen LogP contribution is -2.08. The van der Waals surface area contributed by atoms with Crippen molar-refractivity contribution in [2.45, 2.75) is 53.9 Å². The van der Waals surface area contributed by atoms with Gasteiger partial charge in [0.1, 0.15) is 0 Å². The Morgan fingerprint density at radius 2 is 1.55 bits per heavy atom. The van der Waals surface area contributed by atoms with Gasteiger partial charge in [0, 0.05) is 0 Å². The molecule has 0 aromatic carbocycles. The van der Waals surface area contributed by atoms with E-state index in [2.05, 4.69) is 34.6 Å². The predicted octanol–water partition coefficient (Wildman–Crippen LogP) is 4.06. The van der Waals surface area contributed by atoms with E-state index in [0.717, 1.165) is 11.8 Å². The Bertz CT molecular complexity index is 80.0. The van der Waals surface area contributed by atoms with Gasteiger partial charge in [0.05, 0.1) is 0 Å². The average molecular weight is 155 g/mol.